The van der Waals surface area contributed by atoms with Gasteiger partial charge in [-0.2, -0.15) is 8.42 Å². The van der Waals surface area contributed by atoms with Crippen molar-refractivity contribution in [3.05, 3.63) is 24.1 Å². The van der Waals surface area contributed by atoms with E-state index in [0.29, 0.717) is 23.4 Å². The lowest BCUT2D eigenvalue weighted by Gasteiger charge is -2.05. The lowest BCUT2D eigenvalue weighted by atomic mass is 10.3. The molecule has 0 radical (unpaired) electrons. The molecule has 5 nitrogen and oxygen atoms in total. The van der Waals surface area contributed by atoms with Crippen molar-refractivity contribution >= 4 is 21.2 Å². The Morgan fingerprint density at radius 2 is 2.17 bits per heavy atom. The highest BCUT2D eigenvalue weighted by Crippen LogP contribution is 2.22. The minimum absolute atomic E-state index is 0.0248. The van der Waals surface area contributed by atoms with Crippen LogP contribution in [0.15, 0.2) is 22.6 Å². The molecular weight excluding hydrogens is 254 g/mol. The summed E-state index contributed by atoms with van der Waals surface area (Å²) in [6, 6.07) is 4.79. The molecule has 2 rings (SSSR count). The number of aromatic nitrogens is 1. The predicted molar refractivity (Wildman–Crippen MR) is 68.1 cm³/mol. The zero-order chi connectivity index (χ0) is 13.2. The number of aryl methyl sites for hydroxylation is 1. The summed E-state index contributed by atoms with van der Waals surface area (Å²) >= 11 is 0. The normalized spacial score (nSPS) is 11.9. The highest BCUT2D eigenvalue weighted by atomic mass is 32.2. The second kappa shape index (κ2) is 4.97. The molecule has 0 bridgehead atoms. The van der Waals surface area contributed by atoms with Gasteiger partial charge in [0, 0.05) is 13.0 Å². The Balaban J connectivity index is 2.21. The number of rotatable bonds is 5. The molecule has 0 fully saturated rings. The van der Waals surface area contributed by atoms with E-state index in [1.165, 1.54) is 0 Å². The molecule has 1 aromatic carbocycles. The van der Waals surface area contributed by atoms with Gasteiger partial charge in [-0.05, 0) is 18.6 Å². The smallest absolute Gasteiger partial charge is 0.309 e. The van der Waals surface area contributed by atoms with Crippen LogP contribution in [0.2, 0.25) is 0 Å². The molecule has 0 aliphatic rings. The zero-order valence-corrected chi connectivity index (χ0v) is 11.2. The van der Waals surface area contributed by atoms with Gasteiger partial charge >= 0.3 is 10.1 Å². The van der Waals surface area contributed by atoms with Gasteiger partial charge in [-0.3, -0.25) is 0 Å². The minimum atomic E-state index is -3.52. The molecule has 6 heteroatoms. The number of fused-ring (bicyclic) bond motifs is 1. The van der Waals surface area contributed by atoms with Gasteiger partial charge in [0.05, 0.1) is 5.75 Å². The Morgan fingerprint density at radius 3 is 2.89 bits per heavy atom. The Morgan fingerprint density at radius 1 is 1.39 bits per heavy atom. The number of nitrogens with zero attached hydrogens (tertiary/aromatic N) is 1. The van der Waals surface area contributed by atoms with E-state index in [-0.39, 0.29) is 11.5 Å². The Hall–Kier alpha value is -1.56. The van der Waals surface area contributed by atoms with E-state index in [4.69, 9.17) is 8.60 Å². The summed E-state index contributed by atoms with van der Waals surface area (Å²) < 4.78 is 33.6. The average molecular weight is 269 g/mol. The van der Waals surface area contributed by atoms with Gasteiger partial charge in [0.2, 0.25) is 0 Å². The third-order valence-corrected chi connectivity index (χ3v) is 3.67. The summed E-state index contributed by atoms with van der Waals surface area (Å²) in [4.78, 5) is 4.13. The molecule has 0 spiro atoms. The molecule has 0 saturated carbocycles. The lowest BCUT2D eigenvalue weighted by Crippen LogP contribution is -2.13. The fourth-order valence-corrected chi connectivity index (χ4v) is 2.70. The minimum Gasteiger partial charge on any atom is -0.441 e. The van der Waals surface area contributed by atoms with E-state index in [0.717, 1.165) is 6.42 Å². The topological polar surface area (TPSA) is 69.4 Å². The van der Waals surface area contributed by atoms with E-state index in [1.807, 2.05) is 6.92 Å². The summed E-state index contributed by atoms with van der Waals surface area (Å²) in [6.07, 6.45) is 1.40. The van der Waals surface area contributed by atoms with Gasteiger partial charge < -0.3 is 8.60 Å². The first-order valence-corrected chi connectivity index (χ1v) is 7.37. The van der Waals surface area contributed by atoms with E-state index in [9.17, 15) is 8.42 Å². The van der Waals surface area contributed by atoms with E-state index < -0.39 is 10.1 Å². The molecule has 0 atom stereocenters. The first-order valence-electron chi connectivity index (χ1n) is 5.79. The standard InChI is InChI=1S/C12H15NO4S/c1-3-4-7-18(14,15)17-10-5-6-11-12(8-10)16-9(2)13-11/h5-6,8H,3-4,7H2,1-2H3. The lowest BCUT2D eigenvalue weighted by molar-refractivity contribution is 0.483. The van der Waals surface area contributed by atoms with Gasteiger partial charge in [-0.15, -0.1) is 0 Å². The maximum Gasteiger partial charge on any atom is 0.309 e. The Kier molecular flexibility index (Phi) is 3.56. The summed E-state index contributed by atoms with van der Waals surface area (Å²) in [5.41, 5.74) is 1.21. The van der Waals surface area contributed by atoms with Gasteiger partial charge in [0.1, 0.15) is 11.3 Å². The number of hydrogen-bond donors (Lipinski definition) is 0. The fourth-order valence-electron chi connectivity index (χ4n) is 1.58. The second-order valence-electron chi connectivity index (χ2n) is 4.06. The molecular formula is C12H15NO4S. The Labute approximate surface area is 106 Å². The zero-order valence-electron chi connectivity index (χ0n) is 10.3. The highest BCUT2D eigenvalue weighted by Gasteiger charge is 2.13. The number of hydrogen-bond acceptors (Lipinski definition) is 5. The van der Waals surface area contributed by atoms with Crippen molar-refractivity contribution in [1.29, 1.82) is 0 Å². The maximum absolute atomic E-state index is 11.6. The molecule has 1 heterocycles. The van der Waals surface area contributed by atoms with Gasteiger partial charge in [-0.1, -0.05) is 13.3 Å². The molecule has 0 saturated heterocycles. The largest absolute Gasteiger partial charge is 0.441 e. The molecule has 2 aromatic rings. The van der Waals surface area contributed by atoms with Crippen molar-refractivity contribution in [2.24, 2.45) is 0 Å². The molecule has 0 aliphatic heterocycles. The quantitative estimate of drug-likeness (QED) is 0.780. The van der Waals surface area contributed by atoms with Crippen LogP contribution in [0.4, 0.5) is 0 Å². The van der Waals surface area contributed by atoms with Crippen LogP contribution in [0.3, 0.4) is 0 Å². The van der Waals surface area contributed by atoms with Crippen LogP contribution in [0.1, 0.15) is 25.7 Å². The van der Waals surface area contributed by atoms with E-state index in [1.54, 1.807) is 25.1 Å². The summed E-state index contributed by atoms with van der Waals surface area (Å²) in [5, 5.41) is 0. The van der Waals surface area contributed by atoms with Crippen LogP contribution in [-0.2, 0) is 10.1 Å². The highest BCUT2D eigenvalue weighted by molar-refractivity contribution is 7.87. The van der Waals surface area contributed by atoms with Crippen LogP contribution in [0.25, 0.3) is 11.1 Å². The molecule has 0 amide bonds. The van der Waals surface area contributed by atoms with Gasteiger partial charge in [0.15, 0.2) is 11.5 Å². The molecule has 0 unspecified atom stereocenters. The fraction of sp³-hybridized carbons (Fsp3) is 0.417. The van der Waals surface area contributed by atoms with Crippen LogP contribution >= 0.6 is 0 Å². The molecule has 0 N–H and O–H groups in total. The SMILES string of the molecule is CCCCS(=O)(=O)Oc1ccc2nc(C)oc2c1. The van der Waals surface area contributed by atoms with Crippen LogP contribution in [0, 0.1) is 6.92 Å². The van der Waals surface area contributed by atoms with Crippen molar-refractivity contribution in [2.75, 3.05) is 5.75 Å². The van der Waals surface area contributed by atoms with Crippen molar-refractivity contribution in [3.63, 3.8) is 0 Å². The van der Waals surface area contributed by atoms with Crippen molar-refractivity contribution in [1.82, 2.24) is 4.98 Å². The van der Waals surface area contributed by atoms with Crippen LogP contribution in [0.5, 0.6) is 5.75 Å². The second-order valence-corrected chi connectivity index (χ2v) is 5.75. The molecule has 1 aromatic heterocycles. The molecule has 0 aliphatic carbocycles. The van der Waals surface area contributed by atoms with Gasteiger partial charge in [-0.25, -0.2) is 4.98 Å². The third kappa shape index (κ3) is 3.01. The van der Waals surface area contributed by atoms with E-state index >= 15 is 0 Å². The monoisotopic (exact) mass is 269 g/mol. The number of oxazole rings is 1. The van der Waals surface area contributed by atoms with E-state index in [2.05, 4.69) is 4.98 Å². The Bertz CT molecular complexity index is 645. The summed E-state index contributed by atoms with van der Waals surface area (Å²) in [6.45, 7) is 3.66. The van der Waals surface area contributed by atoms with Crippen LogP contribution in [-0.4, -0.2) is 19.2 Å². The first kappa shape index (κ1) is 12.9. The number of unbranched alkanes of at least 4 members (excludes halogenated alkanes) is 1. The maximum atomic E-state index is 11.6. The first-order chi connectivity index (χ1) is 8.50. The van der Waals surface area contributed by atoms with Crippen molar-refractivity contribution < 1.29 is 17.0 Å². The summed E-state index contributed by atoms with van der Waals surface area (Å²) in [5.74, 6) is 0.822. The predicted octanol–water partition coefficient (Wildman–Crippen LogP) is 2.64. The van der Waals surface area contributed by atoms with Crippen molar-refractivity contribution in [2.45, 2.75) is 26.7 Å². The number of benzene rings is 1. The third-order valence-electron chi connectivity index (χ3n) is 2.44. The van der Waals surface area contributed by atoms with Gasteiger partial charge in [0.25, 0.3) is 0 Å². The average Bonchev–Trinajstić information content (AvgIpc) is 2.65. The summed E-state index contributed by atoms with van der Waals surface area (Å²) in [7, 11) is -3.52. The molecule has 18 heavy (non-hydrogen) atoms. The molecule has 98 valence electrons. The van der Waals surface area contributed by atoms with Crippen LogP contribution < -0.4 is 4.18 Å². The van der Waals surface area contributed by atoms with Crippen molar-refractivity contribution in [3.8, 4) is 5.75 Å².